The summed E-state index contributed by atoms with van der Waals surface area (Å²) >= 11 is 5.56. The molecule has 1 N–H and O–H groups in total. The molecule has 22 heavy (non-hydrogen) atoms. The second kappa shape index (κ2) is 6.96. The molecule has 1 atom stereocenters. The lowest BCUT2D eigenvalue weighted by atomic mass is 10.1. The molecule has 1 aromatic rings. The van der Waals surface area contributed by atoms with E-state index >= 15 is 0 Å². The first-order chi connectivity index (χ1) is 10.3. The zero-order chi connectivity index (χ0) is 16.3. The molecule has 0 aromatic heterocycles. The summed E-state index contributed by atoms with van der Waals surface area (Å²) in [4.78, 5) is 2.04. The highest BCUT2D eigenvalue weighted by Gasteiger charge is 2.33. The Hall–Kier alpha value is -1.14. The summed E-state index contributed by atoms with van der Waals surface area (Å²) in [6, 6.07) is 6.19. The lowest BCUT2D eigenvalue weighted by molar-refractivity contribution is 0.339. The third-order valence-electron chi connectivity index (χ3n) is 4.01. The number of nitrogens with zero attached hydrogens (tertiary/aromatic N) is 1. The van der Waals surface area contributed by atoms with Crippen LogP contribution in [0.15, 0.2) is 18.2 Å². The van der Waals surface area contributed by atoms with Crippen molar-refractivity contribution in [2.45, 2.75) is 39.7 Å². The molecule has 6 heteroatoms. The van der Waals surface area contributed by atoms with Crippen molar-refractivity contribution in [3.8, 4) is 0 Å². The van der Waals surface area contributed by atoms with Crippen LogP contribution in [0.2, 0.25) is 0 Å². The Morgan fingerprint density at radius 1 is 1.41 bits per heavy atom. The highest BCUT2D eigenvalue weighted by Crippen LogP contribution is 2.21. The van der Waals surface area contributed by atoms with Crippen LogP contribution in [0.5, 0.6) is 0 Å². The first-order valence-corrected chi connectivity index (χ1v) is 9.90. The highest BCUT2D eigenvalue weighted by molar-refractivity contribution is 7.91. The molecule has 2 rings (SSSR count). The van der Waals surface area contributed by atoms with E-state index in [0.717, 1.165) is 24.2 Å². The van der Waals surface area contributed by atoms with Crippen molar-refractivity contribution < 1.29 is 8.42 Å². The number of hydrogen-bond acceptors (Lipinski definition) is 3. The summed E-state index contributed by atoms with van der Waals surface area (Å²) in [7, 11) is -2.91. The van der Waals surface area contributed by atoms with Crippen LogP contribution in [0.1, 0.15) is 30.9 Å². The number of thiocarbonyl (C=S) groups is 1. The SMILES string of the molecule is CCCN(C(=S)Nc1cc(C)ccc1C)[C@@H]1CCS(=O)(=O)C1. The predicted octanol–water partition coefficient (Wildman–Crippen LogP) is 2.90. The molecule has 0 bridgehead atoms. The Morgan fingerprint density at radius 3 is 2.73 bits per heavy atom. The normalized spacial score (nSPS) is 19.9. The maximum absolute atomic E-state index is 11.7. The quantitative estimate of drug-likeness (QED) is 0.854. The van der Waals surface area contributed by atoms with E-state index in [0.29, 0.717) is 11.5 Å². The van der Waals surface area contributed by atoms with Gasteiger partial charge < -0.3 is 10.2 Å². The molecule has 1 aliphatic rings. The van der Waals surface area contributed by atoms with Gasteiger partial charge in [0.15, 0.2) is 14.9 Å². The van der Waals surface area contributed by atoms with Crippen LogP contribution in [-0.4, -0.2) is 42.5 Å². The fraction of sp³-hybridized carbons (Fsp3) is 0.562. The Balaban J connectivity index is 2.15. The predicted molar refractivity (Wildman–Crippen MR) is 96.2 cm³/mol. The topological polar surface area (TPSA) is 49.4 Å². The van der Waals surface area contributed by atoms with Gasteiger partial charge >= 0.3 is 0 Å². The molecule has 1 fully saturated rings. The van der Waals surface area contributed by atoms with Crippen molar-refractivity contribution in [2.75, 3.05) is 23.4 Å². The van der Waals surface area contributed by atoms with Crippen LogP contribution in [-0.2, 0) is 9.84 Å². The van der Waals surface area contributed by atoms with Crippen LogP contribution in [0, 0.1) is 13.8 Å². The van der Waals surface area contributed by atoms with E-state index in [1.807, 2.05) is 18.7 Å². The smallest absolute Gasteiger partial charge is 0.173 e. The average molecular weight is 341 g/mol. The summed E-state index contributed by atoms with van der Waals surface area (Å²) in [6.07, 6.45) is 1.60. The van der Waals surface area contributed by atoms with Crippen molar-refractivity contribution in [2.24, 2.45) is 0 Å². The minimum Gasteiger partial charge on any atom is -0.345 e. The first kappa shape index (κ1) is 17.2. The largest absolute Gasteiger partial charge is 0.345 e. The van der Waals surface area contributed by atoms with E-state index < -0.39 is 9.84 Å². The highest BCUT2D eigenvalue weighted by atomic mass is 32.2. The van der Waals surface area contributed by atoms with E-state index in [-0.39, 0.29) is 17.5 Å². The standard InChI is InChI=1S/C16H24N2O2S2/c1-4-8-18(14-7-9-22(19,20)11-14)16(21)17-15-10-12(2)5-6-13(15)3/h5-6,10,14H,4,7-9,11H2,1-3H3,(H,17,21)/t14-/m1/s1. The molecule has 0 unspecified atom stereocenters. The Bertz CT molecular complexity index is 656. The number of sulfone groups is 1. The molecule has 1 aliphatic heterocycles. The Kier molecular flexibility index (Phi) is 5.45. The molecule has 0 saturated carbocycles. The first-order valence-electron chi connectivity index (χ1n) is 7.67. The average Bonchev–Trinajstić information content (AvgIpc) is 2.80. The number of anilines is 1. The van der Waals surface area contributed by atoms with E-state index in [9.17, 15) is 8.42 Å². The second-order valence-electron chi connectivity index (χ2n) is 6.00. The van der Waals surface area contributed by atoms with Gasteiger partial charge in [-0.25, -0.2) is 8.42 Å². The molecular weight excluding hydrogens is 316 g/mol. The monoisotopic (exact) mass is 340 g/mol. The van der Waals surface area contributed by atoms with Crippen LogP contribution in [0.25, 0.3) is 0 Å². The summed E-state index contributed by atoms with van der Waals surface area (Å²) in [5, 5.41) is 3.93. The van der Waals surface area contributed by atoms with Crippen molar-refractivity contribution in [1.82, 2.24) is 4.90 Å². The second-order valence-corrected chi connectivity index (χ2v) is 8.61. The summed E-state index contributed by atoms with van der Waals surface area (Å²) in [6.45, 7) is 6.93. The van der Waals surface area contributed by atoms with E-state index in [1.165, 1.54) is 5.56 Å². The number of benzene rings is 1. The molecule has 1 saturated heterocycles. The van der Waals surface area contributed by atoms with Gasteiger partial charge in [0.25, 0.3) is 0 Å². The van der Waals surface area contributed by atoms with Crippen molar-refractivity contribution in [1.29, 1.82) is 0 Å². The summed E-state index contributed by atoms with van der Waals surface area (Å²) in [5.41, 5.74) is 3.29. The zero-order valence-electron chi connectivity index (χ0n) is 13.4. The van der Waals surface area contributed by atoms with Crippen LogP contribution >= 0.6 is 12.2 Å². The fourth-order valence-corrected chi connectivity index (χ4v) is 4.85. The van der Waals surface area contributed by atoms with Gasteiger partial charge in [-0.05, 0) is 56.1 Å². The molecule has 4 nitrogen and oxygen atoms in total. The Labute approximate surface area is 138 Å². The van der Waals surface area contributed by atoms with Gasteiger partial charge in [-0.1, -0.05) is 19.1 Å². The third-order valence-corrected chi connectivity index (χ3v) is 6.10. The number of rotatable bonds is 4. The summed E-state index contributed by atoms with van der Waals surface area (Å²) < 4.78 is 23.5. The molecule has 0 aliphatic carbocycles. The van der Waals surface area contributed by atoms with Crippen LogP contribution in [0.4, 0.5) is 5.69 Å². The molecule has 122 valence electrons. The van der Waals surface area contributed by atoms with Gasteiger partial charge in [0.1, 0.15) is 0 Å². The van der Waals surface area contributed by atoms with Crippen LogP contribution in [0.3, 0.4) is 0 Å². The van der Waals surface area contributed by atoms with Gasteiger partial charge in [0.05, 0.1) is 11.5 Å². The molecule has 1 aromatic carbocycles. The lowest BCUT2D eigenvalue weighted by Crippen LogP contribution is -2.44. The fourth-order valence-electron chi connectivity index (χ4n) is 2.77. The van der Waals surface area contributed by atoms with Gasteiger partial charge in [-0.2, -0.15) is 0 Å². The number of nitrogens with one attached hydrogen (secondary N) is 1. The maximum Gasteiger partial charge on any atom is 0.173 e. The minimum atomic E-state index is -2.91. The van der Waals surface area contributed by atoms with Crippen LogP contribution < -0.4 is 5.32 Å². The molecular formula is C16H24N2O2S2. The number of aryl methyl sites for hydroxylation is 2. The maximum atomic E-state index is 11.7. The summed E-state index contributed by atoms with van der Waals surface area (Å²) in [5.74, 6) is 0.478. The Morgan fingerprint density at radius 2 is 2.14 bits per heavy atom. The van der Waals surface area contributed by atoms with Gasteiger partial charge in [-0.15, -0.1) is 0 Å². The van der Waals surface area contributed by atoms with Gasteiger partial charge in [0, 0.05) is 18.3 Å². The van der Waals surface area contributed by atoms with Gasteiger partial charge in [-0.3, -0.25) is 0 Å². The molecule has 0 radical (unpaired) electrons. The lowest BCUT2D eigenvalue weighted by Gasteiger charge is -2.31. The van der Waals surface area contributed by atoms with E-state index in [4.69, 9.17) is 12.2 Å². The number of hydrogen-bond donors (Lipinski definition) is 1. The minimum absolute atomic E-state index is 0.00457. The van der Waals surface area contributed by atoms with E-state index in [1.54, 1.807) is 0 Å². The van der Waals surface area contributed by atoms with Crippen molar-refractivity contribution in [3.05, 3.63) is 29.3 Å². The molecule has 1 heterocycles. The zero-order valence-corrected chi connectivity index (χ0v) is 15.1. The molecule has 0 amide bonds. The van der Waals surface area contributed by atoms with Gasteiger partial charge in [0.2, 0.25) is 0 Å². The van der Waals surface area contributed by atoms with Crippen molar-refractivity contribution >= 4 is 32.9 Å². The van der Waals surface area contributed by atoms with Crippen molar-refractivity contribution in [3.63, 3.8) is 0 Å². The molecule has 0 spiro atoms. The van der Waals surface area contributed by atoms with E-state index in [2.05, 4.69) is 30.4 Å². The third kappa shape index (κ3) is 4.20.